The van der Waals surface area contributed by atoms with Gasteiger partial charge in [0.05, 0.1) is 23.2 Å². The van der Waals surface area contributed by atoms with Gasteiger partial charge in [0.15, 0.2) is 0 Å². The minimum absolute atomic E-state index is 0.0544. The Labute approximate surface area is 130 Å². The number of non-ortho nitro benzene ring substituents is 1. The van der Waals surface area contributed by atoms with Gasteiger partial charge in [0.25, 0.3) is 5.69 Å². The molecule has 0 aliphatic carbocycles. The summed E-state index contributed by atoms with van der Waals surface area (Å²) in [7, 11) is 0. The van der Waals surface area contributed by atoms with E-state index in [-0.39, 0.29) is 17.3 Å². The predicted molar refractivity (Wildman–Crippen MR) is 83.7 cm³/mol. The van der Waals surface area contributed by atoms with Gasteiger partial charge in [0.2, 0.25) is 5.91 Å². The van der Waals surface area contributed by atoms with Crippen LogP contribution in [0.1, 0.15) is 11.3 Å². The second-order valence-corrected chi connectivity index (χ2v) is 5.21. The van der Waals surface area contributed by atoms with Crippen molar-refractivity contribution in [2.45, 2.75) is 5.75 Å². The average molecular weight is 319 g/mol. The molecule has 1 N–H and O–H groups in total. The molecule has 114 valence electrons. The Balaban J connectivity index is 1.69. The maximum absolute atomic E-state index is 11.5. The summed E-state index contributed by atoms with van der Waals surface area (Å²) in [5.74, 6) is 1.16. The quantitative estimate of drug-likeness (QED) is 0.480. The highest BCUT2D eigenvalue weighted by atomic mass is 32.2. The molecule has 7 nitrogen and oxygen atoms in total. The van der Waals surface area contributed by atoms with Crippen LogP contribution in [-0.4, -0.2) is 22.8 Å². The zero-order chi connectivity index (χ0) is 15.8. The highest BCUT2D eigenvalue weighted by molar-refractivity contribution is 7.99. The van der Waals surface area contributed by atoms with Gasteiger partial charge < -0.3 is 4.42 Å². The molecule has 8 heteroatoms. The van der Waals surface area contributed by atoms with Crippen LogP contribution in [0, 0.1) is 10.1 Å². The number of furan rings is 1. The number of nitrogens with zero attached hydrogens (tertiary/aromatic N) is 2. The molecular weight excluding hydrogens is 306 g/mol. The Morgan fingerprint density at radius 2 is 2.14 bits per heavy atom. The molecule has 22 heavy (non-hydrogen) atoms. The van der Waals surface area contributed by atoms with E-state index >= 15 is 0 Å². The van der Waals surface area contributed by atoms with E-state index in [0.717, 1.165) is 5.56 Å². The van der Waals surface area contributed by atoms with Gasteiger partial charge in [-0.3, -0.25) is 14.9 Å². The van der Waals surface area contributed by atoms with Gasteiger partial charge in [-0.25, -0.2) is 5.43 Å². The Bertz CT molecular complexity index is 653. The third-order valence-corrected chi connectivity index (χ3v) is 3.58. The topological polar surface area (TPSA) is 97.7 Å². The fraction of sp³-hybridized carbons (Fsp3) is 0.143. The lowest BCUT2D eigenvalue weighted by Gasteiger charge is -2.01. The van der Waals surface area contributed by atoms with Crippen LogP contribution >= 0.6 is 11.8 Å². The van der Waals surface area contributed by atoms with Crippen molar-refractivity contribution in [2.75, 3.05) is 5.75 Å². The summed E-state index contributed by atoms with van der Waals surface area (Å²) >= 11 is 1.40. The van der Waals surface area contributed by atoms with Crippen molar-refractivity contribution >= 4 is 29.6 Å². The number of hydrogen-bond acceptors (Lipinski definition) is 6. The zero-order valence-corrected chi connectivity index (χ0v) is 12.3. The lowest BCUT2D eigenvalue weighted by Crippen LogP contribution is -2.19. The molecular formula is C14H13N3O4S. The highest BCUT2D eigenvalue weighted by Gasteiger charge is 2.05. The first-order valence-corrected chi connectivity index (χ1v) is 7.47. The largest absolute Gasteiger partial charge is 0.463 e. The molecule has 0 aliphatic heterocycles. The smallest absolute Gasteiger partial charge is 0.269 e. The van der Waals surface area contributed by atoms with Gasteiger partial charge in [0.1, 0.15) is 5.76 Å². The molecule has 0 aliphatic rings. The molecule has 1 aromatic heterocycles. The number of carbonyl (C=O) groups is 1. The summed E-state index contributed by atoms with van der Waals surface area (Å²) in [5.41, 5.74) is 3.36. The first-order valence-electron chi connectivity index (χ1n) is 6.31. The standard InChI is InChI=1S/C14H13N3O4S/c18-14(16-15-8-13-2-1-7-21-13)10-22-9-11-3-5-12(6-4-11)17(19)20/h1-8H,9-10H2,(H,16,18)/b15-8+. The van der Waals surface area contributed by atoms with Gasteiger partial charge in [0, 0.05) is 17.9 Å². The summed E-state index contributed by atoms with van der Waals surface area (Å²) in [6.07, 6.45) is 2.93. The molecule has 2 rings (SSSR count). The zero-order valence-electron chi connectivity index (χ0n) is 11.5. The van der Waals surface area contributed by atoms with Crippen LogP contribution in [0.3, 0.4) is 0 Å². The van der Waals surface area contributed by atoms with E-state index in [4.69, 9.17) is 4.42 Å². The molecule has 0 bridgehead atoms. The van der Waals surface area contributed by atoms with Gasteiger partial charge >= 0.3 is 0 Å². The second kappa shape index (κ2) is 7.99. The minimum Gasteiger partial charge on any atom is -0.463 e. The molecule has 2 aromatic rings. The second-order valence-electron chi connectivity index (χ2n) is 4.22. The first-order chi connectivity index (χ1) is 10.6. The van der Waals surface area contributed by atoms with Crippen molar-refractivity contribution in [1.29, 1.82) is 0 Å². The minimum atomic E-state index is -0.443. The van der Waals surface area contributed by atoms with Crippen molar-refractivity contribution in [3.05, 3.63) is 64.1 Å². The Morgan fingerprint density at radius 1 is 1.36 bits per heavy atom. The average Bonchev–Trinajstić information content (AvgIpc) is 3.01. The van der Waals surface area contributed by atoms with Crippen LogP contribution in [0.25, 0.3) is 0 Å². The molecule has 1 amide bonds. The number of carbonyl (C=O) groups excluding carboxylic acids is 1. The number of hydrogen-bond donors (Lipinski definition) is 1. The van der Waals surface area contributed by atoms with Crippen LogP contribution in [0.4, 0.5) is 5.69 Å². The summed E-state index contributed by atoms with van der Waals surface area (Å²) in [6.45, 7) is 0. The number of rotatable bonds is 7. The van der Waals surface area contributed by atoms with Crippen LogP contribution in [0.5, 0.6) is 0 Å². The van der Waals surface area contributed by atoms with Gasteiger partial charge in [-0.1, -0.05) is 12.1 Å². The molecule has 0 spiro atoms. The molecule has 0 saturated carbocycles. The van der Waals surface area contributed by atoms with E-state index in [0.29, 0.717) is 11.5 Å². The molecule has 0 radical (unpaired) electrons. The van der Waals surface area contributed by atoms with E-state index in [1.165, 1.54) is 36.4 Å². The van der Waals surface area contributed by atoms with Crippen molar-refractivity contribution in [1.82, 2.24) is 5.43 Å². The number of hydrazone groups is 1. The third-order valence-electron chi connectivity index (χ3n) is 2.57. The summed E-state index contributed by atoms with van der Waals surface area (Å²) in [5, 5.41) is 14.3. The molecule has 0 unspecified atom stereocenters. The van der Waals surface area contributed by atoms with E-state index < -0.39 is 4.92 Å². The number of nitro groups is 1. The van der Waals surface area contributed by atoms with Crippen molar-refractivity contribution in [3.63, 3.8) is 0 Å². The number of benzene rings is 1. The predicted octanol–water partition coefficient (Wildman–Crippen LogP) is 2.57. The van der Waals surface area contributed by atoms with E-state index in [2.05, 4.69) is 10.5 Å². The monoisotopic (exact) mass is 319 g/mol. The summed E-state index contributed by atoms with van der Waals surface area (Å²) in [4.78, 5) is 21.6. The molecule has 1 heterocycles. The SMILES string of the molecule is O=C(CSCc1ccc([N+](=O)[O-])cc1)N/N=C/c1ccco1. The summed E-state index contributed by atoms with van der Waals surface area (Å²) in [6, 6.07) is 9.70. The number of nitrogens with one attached hydrogen (secondary N) is 1. The molecule has 1 aromatic carbocycles. The molecule has 0 fully saturated rings. The van der Waals surface area contributed by atoms with Crippen molar-refractivity contribution in [3.8, 4) is 0 Å². The molecule has 0 saturated heterocycles. The fourth-order valence-corrected chi connectivity index (χ4v) is 2.32. The van der Waals surface area contributed by atoms with Crippen LogP contribution in [-0.2, 0) is 10.5 Å². The van der Waals surface area contributed by atoms with Gasteiger partial charge in [-0.05, 0) is 17.7 Å². The van der Waals surface area contributed by atoms with E-state index in [1.807, 2.05) is 0 Å². The molecule has 0 atom stereocenters. The number of amides is 1. The van der Waals surface area contributed by atoms with Crippen LogP contribution in [0.15, 0.2) is 52.2 Å². The lowest BCUT2D eigenvalue weighted by atomic mass is 10.2. The fourth-order valence-electron chi connectivity index (χ4n) is 1.54. The van der Waals surface area contributed by atoms with Crippen LogP contribution < -0.4 is 5.43 Å². The Kier molecular flexibility index (Phi) is 5.73. The van der Waals surface area contributed by atoms with E-state index in [9.17, 15) is 14.9 Å². The van der Waals surface area contributed by atoms with Crippen molar-refractivity contribution in [2.24, 2.45) is 5.10 Å². The maximum Gasteiger partial charge on any atom is 0.269 e. The highest BCUT2D eigenvalue weighted by Crippen LogP contribution is 2.16. The Hall–Kier alpha value is -2.61. The van der Waals surface area contributed by atoms with Gasteiger partial charge in [-0.2, -0.15) is 5.10 Å². The normalized spacial score (nSPS) is 10.7. The first kappa shape index (κ1) is 15.8. The maximum atomic E-state index is 11.5. The van der Waals surface area contributed by atoms with Crippen LogP contribution in [0.2, 0.25) is 0 Å². The van der Waals surface area contributed by atoms with E-state index in [1.54, 1.807) is 24.3 Å². The Morgan fingerprint density at radius 3 is 2.77 bits per heavy atom. The van der Waals surface area contributed by atoms with Gasteiger partial charge in [-0.15, -0.1) is 11.8 Å². The number of thioether (sulfide) groups is 1. The third kappa shape index (κ3) is 5.06. The van der Waals surface area contributed by atoms with Crippen molar-refractivity contribution < 1.29 is 14.1 Å². The number of nitro benzene ring substituents is 1. The lowest BCUT2D eigenvalue weighted by molar-refractivity contribution is -0.384. The summed E-state index contributed by atoms with van der Waals surface area (Å²) < 4.78 is 5.03.